The van der Waals surface area contributed by atoms with E-state index < -0.39 is 6.04 Å². The zero-order chi connectivity index (χ0) is 15.7. The molecule has 0 heterocycles. The van der Waals surface area contributed by atoms with E-state index in [1.54, 1.807) is 11.8 Å². The van der Waals surface area contributed by atoms with E-state index in [4.69, 9.17) is 0 Å². The topological polar surface area (TPSA) is 66.5 Å². The third-order valence-corrected chi connectivity index (χ3v) is 4.58. The molecule has 0 aliphatic heterocycles. The monoisotopic (exact) mass is 314 g/mol. The van der Waals surface area contributed by atoms with E-state index in [-0.39, 0.29) is 11.1 Å². The number of carbonyl (C=O) groups is 3. The summed E-state index contributed by atoms with van der Waals surface area (Å²) in [5.74, 6) is 1.31. The second-order valence-corrected chi connectivity index (χ2v) is 6.91. The van der Waals surface area contributed by atoms with Crippen LogP contribution in [0, 0.1) is 5.92 Å². The number of thioether (sulfide) groups is 1. The molecule has 120 valence electrons. The molecule has 1 fully saturated rings. The summed E-state index contributed by atoms with van der Waals surface area (Å²) in [6.07, 6.45) is 6.81. The van der Waals surface area contributed by atoms with Crippen molar-refractivity contribution in [1.29, 1.82) is 0 Å². The number of nitrogens with zero attached hydrogens (tertiary/aromatic N) is 1. The lowest BCUT2D eigenvalue weighted by atomic mass is 10.0. The molecule has 0 aromatic heterocycles. The van der Waals surface area contributed by atoms with Crippen LogP contribution in [0.4, 0.5) is 4.79 Å². The molecule has 6 heteroatoms. The van der Waals surface area contributed by atoms with E-state index in [2.05, 4.69) is 5.32 Å². The number of hydrogen-bond acceptors (Lipinski definition) is 4. The minimum absolute atomic E-state index is 0.0624. The lowest BCUT2D eigenvalue weighted by Crippen LogP contribution is -2.46. The van der Waals surface area contributed by atoms with Gasteiger partial charge in [-0.25, -0.2) is 4.79 Å². The van der Waals surface area contributed by atoms with Gasteiger partial charge in [-0.05, 0) is 19.3 Å². The molecular formula is C15H26N2O3S. The van der Waals surface area contributed by atoms with E-state index in [1.165, 1.54) is 44.4 Å². The summed E-state index contributed by atoms with van der Waals surface area (Å²) < 4.78 is 0. The van der Waals surface area contributed by atoms with Gasteiger partial charge in [0.1, 0.15) is 6.29 Å². The average molecular weight is 314 g/mol. The van der Waals surface area contributed by atoms with Crippen LogP contribution in [-0.4, -0.2) is 47.2 Å². The van der Waals surface area contributed by atoms with Crippen LogP contribution in [0.3, 0.4) is 0 Å². The molecule has 0 radical (unpaired) electrons. The Labute approximate surface area is 131 Å². The fourth-order valence-corrected chi connectivity index (χ4v) is 3.17. The third-order valence-electron chi connectivity index (χ3n) is 3.79. The Kier molecular flexibility index (Phi) is 8.42. The van der Waals surface area contributed by atoms with Crippen molar-refractivity contribution in [3.05, 3.63) is 0 Å². The second kappa shape index (κ2) is 9.82. The minimum atomic E-state index is -0.480. The minimum Gasteiger partial charge on any atom is -0.329 e. The van der Waals surface area contributed by atoms with E-state index >= 15 is 0 Å². The van der Waals surface area contributed by atoms with E-state index in [0.29, 0.717) is 24.8 Å². The summed E-state index contributed by atoms with van der Waals surface area (Å²) in [4.78, 5) is 35.5. The first-order chi connectivity index (χ1) is 10.0. The number of nitrogens with one attached hydrogen (secondary N) is 1. The normalized spacial score (nSPS) is 16.5. The van der Waals surface area contributed by atoms with Crippen LogP contribution in [0.25, 0.3) is 0 Å². The number of carbonyl (C=O) groups excluding carboxylic acids is 3. The molecule has 0 aromatic carbocycles. The molecule has 2 amide bonds. The van der Waals surface area contributed by atoms with Gasteiger partial charge >= 0.3 is 6.03 Å². The van der Waals surface area contributed by atoms with Crippen LogP contribution < -0.4 is 5.32 Å². The smallest absolute Gasteiger partial charge is 0.317 e. The van der Waals surface area contributed by atoms with Crippen molar-refractivity contribution in [1.82, 2.24) is 10.2 Å². The molecule has 5 nitrogen and oxygen atoms in total. The summed E-state index contributed by atoms with van der Waals surface area (Å²) in [7, 11) is 0. The molecule has 0 spiro atoms. The maximum Gasteiger partial charge on any atom is 0.317 e. The summed E-state index contributed by atoms with van der Waals surface area (Å²) in [5.41, 5.74) is 0. The Bertz CT molecular complexity index is 357. The molecule has 1 saturated carbocycles. The SMILES string of the molecule is CC(=O)SCCN(CCC1CCCC1)C(=O)N[C@@H](C)C=O. The van der Waals surface area contributed by atoms with Gasteiger partial charge in [-0.2, -0.15) is 0 Å². The Morgan fingerprint density at radius 2 is 2.00 bits per heavy atom. The standard InChI is InChI=1S/C15H26N2O3S/c1-12(11-18)16-15(20)17(9-10-21-13(2)19)8-7-14-5-3-4-6-14/h11-12,14H,3-10H2,1-2H3,(H,16,20)/t12-/m0/s1. The van der Waals surface area contributed by atoms with Crippen molar-refractivity contribution in [2.45, 2.75) is 52.0 Å². The van der Waals surface area contributed by atoms with Gasteiger partial charge in [0.25, 0.3) is 0 Å². The highest BCUT2D eigenvalue weighted by molar-refractivity contribution is 8.13. The largest absolute Gasteiger partial charge is 0.329 e. The first-order valence-electron chi connectivity index (χ1n) is 7.67. The highest BCUT2D eigenvalue weighted by Crippen LogP contribution is 2.27. The highest BCUT2D eigenvalue weighted by atomic mass is 32.2. The maximum atomic E-state index is 12.2. The predicted octanol–water partition coefficient (Wildman–Crippen LogP) is 2.45. The number of amides is 2. The Morgan fingerprint density at radius 1 is 1.33 bits per heavy atom. The fraction of sp³-hybridized carbons (Fsp3) is 0.800. The molecule has 1 N–H and O–H groups in total. The Balaban J connectivity index is 2.44. The number of aldehydes is 1. The molecule has 0 saturated heterocycles. The average Bonchev–Trinajstić information content (AvgIpc) is 2.95. The van der Waals surface area contributed by atoms with E-state index in [1.807, 2.05) is 0 Å². The van der Waals surface area contributed by atoms with Gasteiger partial charge in [-0.15, -0.1) is 0 Å². The Morgan fingerprint density at radius 3 is 2.57 bits per heavy atom. The predicted molar refractivity (Wildman–Crippen MR) is 85.3 cm³/mol. The summed E-state index contributed by atoms with van der Waals surface area (Å²) in [5, 5.41) is 2.73. The van der Waals surface area contributed by atoms with Crippen LogP contribution in [0.2, 0.25) is 0 Å². The number of hydrogen-bond donors (Lipinski definition) is 1. The van der Waals surface area contributed by atoms with Gasteiger partial charge < -0.3 is 15.0 Å². The van der Waals surface area contributed by atoms with Crippen molar-refractivity contribution in [2.24, 2.45) is 5.92 Å². The molecule has 0 bridgehead atoms. The number of urea groups is 1. The van der Waals surface area contributed by atoms with Crippen molar-refractivity contribution < 1.29 is 14.4 Å². The molecule has 1 aliphatic rings. The van der Waals surface area contributed by atoms with Crippen molar-refractivity contribution >= 4 is 29.2 Å². The van der Waals surface area contributed by atoms with Crippen molar-refractivity contribution in [3.8, 4) is 0 Å². The molecule has 21 heavy (non-hydrogen) atoms. The Hall–Kier alpha value is -1.04. The van der Waals surface area contributed by atoms with Gasteiger partial charge in [0.2, 0.25) is 0 Å². The van der Waals surface area contributed by atoms with Crippen LogP contribution in [0.5, 0.6) is 0 Å². The van der Waals surface area contributed by atoms with Gasteiger partial charge in [0.05, 0.1) is 6.04 Å². The summed E-state index contributed by atoms with van der Waals surface area (Å²) >= 11 is 1.23. The molecule has 1 rings (SSSR count). The highest BCUT2D eigenvalue weighted by Gasteiger charge is 2.20. The van der Waals surface area contributed by atoms with Crippen molar-refractivity contribution in [2.75, 3.05) is 18.8 Å². The van der Waals surface area contributed by atoms with E-state index in [0.717, 1.165) is 12.7 Å². The van der Waals surface area contributed by atoms with Gasteiger partial charge in [-0.3, -0.25) is 4.79 Å². The lowest BCUT2D eigenvalue weighted by Gasteiger charge is -2.25. The third kappa shape index (κ3) is 7.50. The summed E-state index contributed by atoms with van der Waals surface area (Å²) in [6, 6.07) is -0.691. The van der Waals surface area contributed by atoms with Crippen LogP contribution in [0.1, 0.15) is 46.0 Å². The van der Waals surface area contributed by atoms with Crippen LogP contribution in [0.15, 0.2) is 0 Å². The number of rotatable bonds is 8. The van der Waals surface area contributed by atoms with Gasteiger partial charge in [-0.1, -0.05) is 37.4 Å². The first-order valence-corrected chi connectivity index (χ1v) is 8.65. The molecule has 1 atom stereocenters. The van der Waals surface area contributed by atoms with Gasteiger partial charge in [0, 0.05) is 25.8 Å². The lowest BCUT2D eigenvalue weighted by molar-refractivity contribution is -0.109. The maximum absolute atomic E-state index is 12.2. The summed E-state index contributed by atoms with van der Waals surface area (Å²) in [6.45, 7) is 4.42. The molecular weight excluding hydrogens is 288 g/mol. The van der Waals surface area contributed by atoms with E-state index in [9.17, 15) is 14.4 Å². The zero-order valence-electron chi connectivity index (χ0n) is 13.0. The second-order valence-electron chi connectivity index (χ2n) is 5.64. The van der Waals surface area contributed by atoms with Gasteiger partial charge in [0.15, 0.2) is 5.12 Å². The zero-order valence-corrected chi connectivity index (χ0v) is 13.8. The van der Waals surface area contributed by atoms with Crippen LogP contribution >= 0.6 is 11.8 Å². The fourth-order valence-electron chi connectivity index (χ4n) is 2.57. The molecule has 0 aromatic rings. The van der Waals surface area contributed by atoms with Crippen molar-refractivity contribution in [3.63, 3.8) is 0 Å². The molecule has 1 aliphatic carbocycles. The quantitative estimate of drug-likeness (QED) is 0.699. The molecule has 0 unspecified atom stereocenters. The first kappa shape index (κ1) is 18.0. The van der Waals surface area contributed by atoms with Crippen LogP contribution in [-0.2, 0) is 9.59 Å².